The van der Waals surface area contributed by atoms with Crippen LogP contribution in [0.1, 0.15) is 47.0 Å². The number of ether oxygens (including phenoxy) is 1. The van der Waals surface area contributed by atoms with E-state index in [4.69, 9.17) is 9.72 Å². The van der Waals surface area contributed by atoms with Gasteiger partial charge in [0.25, 0.3) is 0 Å². The molecule has 3 aromatic heterocycles. The lowest BCUT2D eigenvalue weighted by atomic mass is 10.1. The number of hydrogen-bond acceptors (Lipinski definition) is 7. The number of aryl methyl sites for hydroxylation is 1. The molecule has 1 N–H and O–H groups in total. The van der Waals surface area contributed by atoms with Gasteiger partial charge >= 0.3 is 12.2 Å². The molecule has 0 spiro atoms. The number of alkyl halides is 3. The molecular weight excluding hydrogens is 513 g/mol. The molecule has 2 aliphatic rings. The predicted molar refractivity (Wildman–Crippen MR) is 133 cm³/mol. The molecule has 200 valence electrons. The minimum Gasteiger partial charge on any atom is -0.480 e. The van der Waals surface area contributed by atoms with E-state index in [1.807, 2.05) is 0 Å². The number of methoxy groups -OCH3 is 1. The highest BCUT2D eigenvalue weighted by atomic mass is 19.4. The second kappa shape index (κ2) is 9.33. The molecule has 1 aromatic carbocycles. The average Bonchev–Trinajstić information content (AvgIpc) is 3.70. The van der Waals surface area contributed by atoms with Crippen LogP contribution < -0.4 is 15.0 Å². The van der Waals surface area contributed by atoms with Crippen molar-refractivity contribution < 1.29 is 22.7 Å². The van der Waals surface area contributed by atoms with Gasteiger partial charge in [0.2, 0.25) is 5.88 Å². The summed E-state index contributed by atoms with van der Waals surface area (Å²) in [7, 11) is 1.53. The number of hydrogen-bond donors (Lipinski definition) is 1. The summed E-state index contributed by atoms with van der Waals surface area (Å²) in [5.41, 5.74) is 2.82. The third-order valence-corrected chi connectivity index (χ3v) is 6.69. The molecule has 0 saturated heterocycles. The standard InChI is InChI=1S/C26H23F3N8O2/c1-14-9-19(26(27,28)29)35-37(14)18-7-3-15(4-8-18)12-36-23-17(11-31-25(36)38)10-30-22(34-23)20-21(16-5-6-16)32-13-33-24(20)39-2/h3-4,7-10,13,16H,5-6,11-12H2,1-2H3,(H,31,38). The Hall–Kier alpha value is -4.55. The number of benzene rings is 1. The van der Waals surface area contributed by atoms with Crippen LogP contribution in [-0.2, 0) is 19.3 Å². The van der Waals surface area contributed by atoms with Crippen molar-refractivity contribution >= 4 is 11.8 Å². The fraction of sp³-hybridized carbons (Fsp3) is 0.308. The van der Waals surface area contributed by atoms with E-state index in [2.05, 4.69) is 25.4 Å². The Bertz CT molecular complexity index is 1560. The van der Waals surface area contributed by atoms with Crippen molar-refractivity contribution in [3.05, 3.63) is 71.1 Å². The van der Waals surface area contributed by atoms with Crippen LogP contribution in [0.3, 0.4) is 0 Å². The number of halogens is 3. The van der Waals surface area contributed by atoms with Gasteiger partial charge in [-0.3, -0.25) is 4.90 Å². The summed E-state index contributed by atoms with van der Waals surface area (Å²) in [6.45, 7) is 2.02. The van der Waals surface area contributed by atoms with Crippen molar-refractivity contribution in [3.8, 4) is 23.0 Å². The molecule has 1 saturated carbocycles. The van der Waals surface area contributed by atoms with Crippen molar-refractivity contribution in [2.45, 2.75) is 44.9 Å². The van der Waals surface area contributed by atoms with E-state index in [0.717, 1.165) is 35.7 Å². The molecule has 1 aliphatic heterocycles. The van der Waals surface area contributed by atoms with Crippen LogP contribution in [-0.4, -0.2) is 42.9 Å². The zero-order valence-electron chi connectivity index (χ0n) is 21.0. The maximum atomic E-state index is 13.1. The topological polar surface area (TPSA) is 111 Å². The third-order valence-electron chi connectivity index (χ3n) is 6.69. The molecule has 4 heterocycles. The van der Waals surface area contributed by atoms with Gasteiger partial charge in [0.1, 0.15) is 17.7 Å². The van der Waals surface area contributed by atoms with Crippen molar-refractivity contribution in [3.63, 3.8) is 0 Å². The molecule has 0 unspecified atom stereocenters. The number of nitrogens with one attached hydrogen (secondary N) is 1. The van der Waals surface area contributed by atoms with Crippen LogP contribution >= 0.6 is 0 Å². The van der Waals surface area contributed by atoms with Crippen molar-refractivity contribution in [1.82, 2.24) is 35.0 Å². The second-order valence-corrected chi connectivity index (χ2v) is 9.45. The van der Waals surface area contributed by atoms with Gasteiger partial charge in [-0.15, -0.1) is 0 Å². The van der Waals surface area contributed by atoms with Crippen LogP contribution in [0.5, 0.6) is 5.88 Å². The van der Waals surface area contributed by atoms with Crippen LogP contribution in [0.15, 0.2) is 42.9 Å². The number of urea groups is 1. The first kappa shape index (κ1) is 24.8. The number of carbonyl (C=O) groups excluding carboxylic acids is 1. The SMILES string of the molecule is COc1ncnc(C2CC2)c1-c1ncc2c(n1)N(Cc1ccc(-n3nc(C(F)(F)F)cc3C)cc1)C(=O)NC2. The van der Waals surface area contributed by atoms with Crippen LogP contribution in [0.25, 0.3) is 17.1 Å². The molecule has 0 bridgehead atoms. The molecule has 0 radical (unpaired) electrons. The smallest absolute Gasteiger partial charge is 0.435 e. The molecule has 2 amide bonds. The van der Waals surface area contributed by atoms with Crippen LogP contribution in [0, 0.1) is 6.92 Å². The van der Waals surface area contributed by atoms with Gasteiger partial charge in [0, 0.05) is 29.9 Å². The van der Waals surface area contributed by atoms with Crippen molar-refractivity contribution in [2.24, 2.45) is 0 Å². The van der Waals surface area contributed by atoms with Gasteiger partial charge < -0.3 is 10.1 Å². The van der Waals surface area contributed by atoms with E-state index in [1.54, 1.807) is 37.4 Å². The molecular formula is C26H23F3N8O2. The highest BCUT2D eigenvalue weighted by Crippen LogP contribution is 2.45. The van der Waals surface area contributed by atoms with Crippen molar-refractivity contribution in [2.75, 3.05) is 12.0 Å². The van der Waals surface area contributed by atoms with E-state index >= 15 is 0 Å². The Morgan fingerprint density at radius 1 is 1.13 bits per heavy atom. The predicted octanol–water partition coefficient (Wildman–Crippen LogP) is 4.56. The van der Waals surface area contributed by atoms with Gasteiger partial charge in [-0.25, -0.2) is 29.4 Å². The normalized spacial score (nSPS) is 15.2. The molecule has 1 aliphatic carbocycles. The van der Waals surface area contributed by atoms with Gasteiger partial charge in [-0.05, 0) is 43.5 Å². The minimum absolute atomic E-state index is 0.180. The fourth-order valence-corrected chi connectivity index (χ4v) is 4.60. The quantitative estimate of drug-likeness (QED) is 0.385. The van der Waals surface area contributed by atoms with E-state index in [1.165, 1.54) is 23.0 Å². The van der Waals surface area contributed by atoms with Gasteiger partial charge in [0.15, 0.2) is 11.5 Å². The van der Waals surface area contributed by atoms with E-state index < -0.39 is 11.9 Å². The number of fused-ring (bicyclic) bond motifs is 1. The van der Waals surface area contributed by atoms with Gasteiger partial charge in [-0.1, -0.05) is 12.1 Å². The summed E-state index contributed by atoms with van der Waals surface area (Å²) >= 11 is 0. The first-order valence-corrected chi connectivity index (χ1v) is 12.3. The first-order valence-electron chi connectivity index (χ1n) is 12.3. The van der Waals surface area contributed by atoms with Crippen LogP contribution in [0.4, 0.5) is 23.8 Å². The molecule has 4 aromatic rings. The summed E-state index contributed by atoms with van der Waals surface area (Å²) < 4.78 is 46.0. The molecule has 39 heavy (non-hydrogen) atoms. The molecule has 13 heteroatoms. The summed E-state index contributed by atoms with van der Waals surface area (Å²) in [4.78, 5) is 32.4. The Labute approximate surface area is 220 Å². The second-order valence-electron chi connectivity index (χ2n) is 9.45. The molecule has 0 atom stereocenters. The number of aromatic nitrogens is 6. The Kier molecular flexibility index (Phi) is 5.92. The highest BCUT2D eigenvalue weighted by molar-refractivity contribution is 5.93. The van der Waals surface area contributed by atoms with Crippen LogP contribution in [0.2, 0.25) is 0 Å². The lowest BCUT2D eigenvalue weighted by Gasteiger charge is -2.29. The number of amides is 2. The van der Waals surface area contributed by atoms with Gasteiger partial charge in [0.05, 0.1) is 25.0 Å². The van der Waals surface area contributed by atoms with E-state index in [0.29, 0.717) is 40.4 Å². The highest BCUT2D eigenvalue weighted by Gasteiger charge is 2.35. The Morgan fingerprint density at radius 2 is 1.90 bits per heavy atom. The number of nitrogens with zero attached hydrogens (tertiary/aromatic N) is 7. The maximum absolute atomic E-state index is 13.1. The van der Waals surface area contributed by atoms with E-state index in [-0.39, 0.29) is 19.1 Å². The fourth-order valence-electron chi connectivity index (χ4n) is 4.60. The van der Waals surface area contributed by atoms with E-state index in [9.17, 15) is 18.0 Å². The largest absolute Gasteiger partial charge is 0.480 e. The maximum Gasteiger partial charge on any atom is 0.435 e. The summed E-state index contributed by atoms with van der Waals surface area (Å²) in [5, 5.41) is 6.52. The Morgan fingerprint density at radius 3 is 2.56 bits per heavy atom. The number of rotatable bonds is 6. The zero-order valence-corrected chi connectivity index (χ0v) is 21.0. The average molecular weight is 537 g/mol. The first-order chi connectivity index (χ1) is 18.7. The summed E-state index contributed by atoms with van der Waals surface area (Å²) in [6, 6.07) is 7.49. The third kappa shape index (κ3) is 4.64. The van der Waals surface area contributed by atoms with Crippen molar-refractivity contribution in [1.29, 1.82) is 0 Å². The molecule has 1 fully saturated rings. The zero-order chi connectivity index (χ0) is 27.3. The summed E-state index contributed by atoms with van der Waals surface area (Å²) in [5.74, 6) is 1.49. The minimum atomic E-state index is -4.53. The monoisotopic (exact) mass is 536 g/mol. The lowest BCUT2D eigenvalue weighted by Crippen LogP contribution is -2.44. The number of carbonyl (C=O) groups is 1. The summed E-state index contributed by atoms with van der Waals surface area (Å²) in [6.07, 6.45) is 0.638. The lowest BCUT2D eigenvalue weighted by molar-refractivity contribution is -0.141. The molecule has 6 rings (SSSR count). The number of anilines is 1. The Balaban J connectivity index is 1.31. The van der Waals surface area contributed by atoms with Gasteiger partial charge in [-0.2, -0.15) is 18.3 Å². The molecule has 10 nitrogen and oxygen atoms in total.